The smallest absolute Gasteiger partial charge is 0.225 e. The lowest BCUT2D eigenvalue weighted by Crippen LogP contribution is -2.27. The van der Waals surface area contributed by atoms with Crippen molar-refractivity contribution in [2.45, 2.75) is 51.1 Å². The first-order chi connectivity index (χ1) is 10.1. The van der Waals surface area contributed by atoms with Crippen LogP contribution in [0.4, 0.5) is 0 Å². The van der Waals surface area contributed by atoms with Crippen molar-refractivity contribution in [1.29, 1.82) is 0 Å². The summed E-state index contributed by atoms with van der Waals surface area (Å²) in [7, 11) is 2.11. The van der Waals surface area contributed by atoms with Crippen LogP contribution >= 0.6 is 0 Å². The molecule has 1 saturated heterocycles. The molecule has 2 rings (SSSR count). The standard InChI is InChI=1S/C14H25N5O2/c1-18-7-4-2-3-6-11(18)14-16-13(10-12(15)21)17-19(14)8-5-9-20/h11,20H,2-10H2,1H3,(H2,15,21). The lowest BCUT2D eigenvalue weighted by atomic mass is 10.1. The molecule has 2 heterocycles. The molecule has 1 aromatic heterocycles. The van der Waals surface area contributed by atoms with Crippen LogP contribution in [0.3, 0.4) is 0 Å². The van der Waals surface area contributed by atoms with E-state index in [4.69, 9.17) is 10.8 Å². The lowest BCUT2D eigenvalue weighted by molar-refractivity contribution is -0.117. The van der Waals surface area contributed by atoms with Gasteiger partial charge in [-0.2, -0.15) is 5.10 Å². The number of aryl methyl sites for hydroxylation is 1. The number of hydrogen-bond donors (Lipinski definition) is 2. The van der Waals surface area contributed by atoms with Crippen molar-refractivity contribution in [1.82, 2.24) is 19.7 Å². The number of primary amides is 1. The highest BCUT2D eigenvalue weighted by atomic mass is 16.3. The summed E-state index contributed by atoms with van der Waals surface area (Å²) in [6, 6.07) is 0.223. The maximum atomic E-state index is 11.1. The fourth-order valence-electron chi connectivity index (χ4n) is 2.84. The highest BCUT2D eigenvalue weighted by Crippen LogP contribution is 2.27. The molecule has 1 aromatic rings. The van der Waals surface area contributed by atoms with Gasteiger partial charge in [0.2, 0.25) is 5.91 Å². The maximum Gasteiger partial charge on any atom is 0.225 e. The van der Waals surface area contributed by atoms with E-state index in [0.717, 1.165) is 18.8 Å². The maximum absolute atomic E-state index is 11.1. The highest BCUT2D eigenvalue weighted by Gasteiger charge is 2.25. The second-order valence-corrected chi connectivity index (χ2v) is 5.68. The van der Waals surface area contributed by atoms with E-state index in [2.05, 4.69) is 22.0 Å². The molecule has 118 valence electrons. The molecule has 0 radical (unpaired) electrons. The SMILES string of the molecule is CN1CCCCCC1c1nc(CC(N)=O)nn1CCCO. The number of aliphatic hydroxyl groups is 1. The molecule has 7 heteroatoms. The quantitative estimate of drug-likeness (QED) is 0.783. The van der Waals surface area contributed by atoms with Gasteiger partial charge in [0.1, 0.15) is 5.82 Å². The summed E-state index contributed by atoms with van der Waals surface area (Å²) in [4.78, 5) is 17.9. The third kappa shape index (κ3) is 4.25. The van der Waals surface area contributed by atoms with Gasteiger partial charge in [-0.25, -0.2) is 9.67 Å². The molecule has 0 aliphatic carbocycles. The first kappa shape index (κ1) is 15.9. The minimum Gasteiger partial charge on any atom is -0.396 e. The van der Waals surface area contributed by atoms with Crippen LogP contribution in [0.1, 0.15) is 49.8 Å². The Hall–Kier alpha value is -1.47. The molecule has 1 fully saturated rings. The molecule has 3 N–H and O–H groups in total. The van der Waals surface area contributed by atoms with Crippen LogP contribution < -0.4 is 5.73 Å². The van der Waals surface area contributed by atoms with E-state index < -0.39 is 5.91 Å². The summed E-state index contributed by atoms with van der Waals surface area (Å²) in [6.07, 6.45) is 5.35. The van der Waals surface area contributed by atoms with Gasteiger partial charge in [0.15, 0.2) is 5.82 Å². The Kier molecular flexibility index (Phi) is 5.69. The van der Waals surface area contributed by atoms with Gasteiger partial charge in [0.05, 0.1) is 12.5 Å². The van der Waals surface area contributed by atoms with Gasteiger partial charge < -0.3 is 10.8 Å². The molecule has 1 aliphatic rings. The van der Waals surface area contributed by atoms with Crippen LogP contribution in [-0.4, -0.2) is 50.9 Å². The van der Waals surface area contributed by atoms with Crippen molar-refractivity contribution in [3.8, 4) is 0 Å². The second-order valence-electron chi connectivity index (χ2n) is 5.68. The Morgan fingerprint density at radius 1 is 1.43 bits per heavy atom. The van der Waals surface area contributed by atoms with Crippen LogP contribution in [0.15, 0.2) is 0 Å². The zero-order valence-electron chi connectivity index (χ0n) is 12.7. The number of nitrogens with two attached hydrogens (primary N) is 1. The third-order valence-electron chi connectivity index (χ3n) is 3.92. The molecule has 0 saturated carbocycles. The summed E-state index contributed by atoms with van der Waals surface area (Å²) in [5.41, 5.74) is 5.24. The number of aliphatic hydroxyl groups excluding tert-OH is 1. The Balaban J connectivity index is 2.24. The Morgan fingerprint density at radius 2 is 2.24 bits per heavy atom. The molecule has 0 bridgehead atoms. The number of nitrogens with zero attached hydrogens (tertiary/aromatic N) is 4. The predicted octanol–water partition coefficient (Wildman–Crippen LogP) is 0.235. The predicted molar refractivity (Wildman–Crippen MR) is 78.5 cm³/mol. The van der Waals surface area contributed by atoms with Crippen LogP contribution in [-0.2, 0) is 17.8 Å². The zero-order valence-corrected chi connectivity index (χ0v) is 12.7. The number of likely N-dealkylation sites (tertiary alicyclic amines) is 1. The van der Waals surface area contributed by atoms with E-state index in [-0.39, 0.29) is 19.1 Å². The molecule has 0 aromatic carbocycles. The van der Waals surface area contributed by atoms with Crippen LogP contribution in [0.2, 0.25) is 0 Å². The van der Waals surface area contributed by atoms with Crippen molar-refractivity contribution >= 4 is 5.91 Å². The second kappa shape index (κ2) is 7.51. The molecular weight excluding hydrogens is 270 g/mol. The summed E-state index contributed by atoms with van der Waals surface area (Å²) in [5, 5.41) is 13.4. The normalized spacial score (nSPS) is 20.4. The van der Waals surface area contributed by atoms with Crippen LogP contribution in [0.25, 0.3) is 0 Å². The van der Waals surface area contributed by atoms with Gasteiger partial charge in [0, 0.05) is 13.2 Å². The fourth-order valence-corrected chi connectivity index (χ4v) is 2.84. The Bertz CT molecular complexity index is 474. The molecule has 0 spiro atoms. The Labute approximate surface area is 125 Å². The summed E-state index contributed by atoms with van der Waals surface area (Å²) in [6.45, 7) is 1.77. The third-order valence-corrected chi connectivity index (χ3v) is 3.92. The molecule has 21 heavy (non-hydrogen) atoms. The highest BCUT2D eigenvalue weighted by molar-refractivity contribution is 5.75. The molecule has 1 atom stereocenters. The van der Waals surface area contributed by atoms with Gasteiger partial charge in [-0.3, -0.25) is 9.69 Å². The molecular formula is C14H25N5O2. The largest absolute Gasteiger partial charge is 0.396 e. The average molecular weight is 295 g/mol. The summed E-state index contributed by atoms with van der Waals surface area (Å²) >= 11 is 0. The average Bonchev–Trinajstić information content (AvgIpc) is 2.68. The lowest BCUT2D eigenvalue weighted by Gasteiger charge is -2.25. The van der Waals surface area contributed by atoms with E-state index in [9.17, 15) is 4.79 Å². The van der Waals surface area contributed by atoms with E-state index in [1.165, 1.54) is 19.3 Å². The minimum atomic E-state index is -0.421. The van der Waals surface area contributed by atoms with Gasteiger partial charge in [-0.1, -0.05) is 12.8 Å². The fraction of sp³-hybridized carbons (Fsp3) is 0.786. The van der Waals surface area contributed by atoms with Gasteiger partial charge in [-0.05, 0) is 32.9 Å². The van der Waals surface area contributed by atoms with Gasteiger partial charge in [0.25, 0.3) is 0 Å². The summed E-state index contributed by atoms with van der Waals surface area (Å²) < 4.78 is 1.83. The Morgan fingerprint density at radius 3 is 2.95 bits per heavy atom. The van der Waals surface area contributed by atoms with Gasteiger partial charge >= 0.3 is 0 Å². The number of aromatic nitrogens is 3. The number of hydrogen-bond acceptors (Lipinski definition) is 5. The first-order valence-electron chi connectivity index (χ1n) is 7.65. The zero-order chi connectivity index (χ0) is 15.2. The minimum absolute atomic E-state index is 0.0650. The van der Waals surface area contributed by atoms with Gasteiger partial charge in [-0.15, -0.1) is 0 Å². The van der Waals surface area contributed by atoms with Crippen LogP contribution in [0.5, 0.6) is 0 Å². The van der Waals surface area contributed by atoms with Crippen molar-refractivity contribution in [3.63, 3.8) is 0 Å². The van der Waals surface area contributed by atoms with Crippen LogP contribution in [0, 0.1) is 0 Å². The molecule has 7 nitrogen and oxygen atoms in total. The molecule has 1 aliphatic heterocycles. The number of carbonyl (C=O) groups excluding carboxylic acids is 1. The van der Waals surface area contributed by atoms with E-state index in [1.807, 2.05) is 4.68 Å². The molecule has 1 amide bonds. The molecule has 1 unspecified atom stereocenters. The van der Waals surface area contributed by atoms with Crippen molar-refractivity contribution in [2.75, 3.05) is 20.2 Å². The monoisotopic (exact) mass is 295 g/mol. The summed E-state index contributed by atoms with van der Waals surface area (Å²) in [5.74, 6) is 0.951. The van der Waals surface area contributed by atoms with Crippen molar-refractivity contribution in [3.05, 3.63) is 11.6 Å². The van der Waals surface area contributed by atoms with Crippen molar-refractivity contribution in [2.24, 2.45) is 5.73 Å². The number of carbonyl (C=O) groups is 1. The number of amides is 1. The number of rotatable bonds is 6. The van der Waals surface area contributed by atoms with E-state index in [1.54, 1.807) is 0 Å². The topological polar surface area (TPSA) is 97.3 Å². The van der Waals surface area contributed by atoms with E-state index >= 15 is 0 Å². The first-order valence-corrected chi connectivity index (χ1v) is 7.65. The van der Waals surface area contributed by atoms with E-state index in [0.29, 0.717) is 18.8 Å². The van der Waals surface area contributed by atoms with Crippen molar-refractivity contribution < 1.29 is 9.90 Å².